The number of nitrogens with one attached hydrogen (secondary N) is 2. The normalized spacial score (nSPS) is 20.6. The lowest BCUT2D eigenvalue weighted by molar-refractivity contribution is 0.434. The highest BCUT2D eigenvalue weighted by Gasteiger charge is 2.26. The molecule has 0 bridgehead atoms. The molecule has 2 aliphatic heterocycles. The number of fused-ring (bicyclic) bond motifs is 1. The number of aromatic nitrogens is 3. The second kappa shape index (κ2) is 13.3. The minimum absolute atomic E-state index is 0.586. The summed E-state index contributed by atoms with van der Waals surface area (Å²) in [6.45, 7) is 11.2. The molecule has 1 aliphatic carbocycles. The maximum Gasteiger partial charge on any atom is 0.180 e. The van der Waals surface area contributed by atoms with E-state index < -0.39 is 0 Å². The van der Waals surface area contributed by atoms with Crippen LogP contribution in [0.2, 0.25) is 0 Å². The highest BCUT2D eigenvalue weighted by molar-refractivity contribution is 6.16. The topological polar surface area (TPSA) is 72.4 Å². The van der Waals surface area contributed by atoms with Gasteiger partial charge in [-0.05, 0) is 100 Å². The Morgan fingerprint density at radius 3 is 2.65 bits per heavy atom. The van der Waals surface area contributed by atoms with E-state index in [-0.39, 0.29) is 0 Å². The number of aliphatic imine (C=N–C) groups is 1. The number of rotatable bonds is 8. The molecule has 0 amide bonds. The van der Waals surface area contributed by atoms with Crippen LogP contribution in [0.25, 0.3) is 16.7 Å². The summed E-state index contributed by atoms with van der Waals surface area (Å²) in [5.74, 6) is 1.62. The van der Waals surface area contributed by atoms with Crippen molar-refractivity contribution < 1.29 is 0 Å². The van der Waals surface area contributed by atoms with Crippen molar-refractivity contribution >= 4 is 28.1 Å². The van der Waals surface area contributed by atoms with E-state index in [9.17, 15) is 0 Å². The van der Waals surface area contributed by atoms with Crippen LogP contribution in [0, 0.1) is 12.8 Å². The lowest BCUT2D eigenvalue weighted by atomic mass is 9.94. The number of hydrogen-bond donors (Lipinski definition) is 2. The number of likely N-dealkylation sites (N-methyl/N-ethyl adjacent to an activating group) is 1. The molecule has 1 saturated carbocycles. The Hall–Kier alpha value is -3.71. The number of imidazole rings is 1. The Balaban J connectivity index is 1.33. The second-order valence-electron chi connectivity index (χ2n) is 12.5. The lowest BCUT2D eigenvalue weighted by Gasteiger charge is -2.29. The minimum Gasteiger partial charge on any atom is -0.370 e. The minimum atomic E-state index is 0.586. The molecule has 226 valence electrons. The number of hydrogen-bond acceptors (Lipinski definition) is 6. The van der Waals surface area contributed by atoms with Gasteiger partial charge in [0.05, 0.1) is 5.69 Å². The van der Waals surface area contributed by atoms with E-state index in [2.05, 4.69) is 95.4 Å². The van der Waals surface area contributed by atoms with Gasteiger partial charge >= 0.3 is 0 Å². The molecule has 0 radical (unpaired) electrons. The number of H-pyrrole nitrogens is 1. The molecule has 0 spiro atoms. The summed E-state index contributed by atoms with van der Waals surface area (Å²) >= 11 is 0. The number of allylic oxidation sites excluding steroid dienone is 5. The van der Waals surface area contributed by atoms with Crippen LogP contribution in [0.3, 0.4) is 0 Å². The zero-order chi connectivity index (χ0) is 29.8. The highest BCUT2D eigenvalue weighted by Crippen LogP contribution is 2.32. The van der Waals surface area contributed by atoms with Crippen LogP contribution >= 0.6 is 0 Å². The molecule has 0 atom stereocenters. The summed E-state index contributed by atoms with van der Waals surface area (Å²) < 4.78 is 0. The Morgan fingerprint density at radius 1 is 1.07 bits per heavy atom. The van der Waals surface area contributed by atoms with Gasteiger partial charge in [-0.3, -0.25) is 4.99 Å². The van der Waals surface area contributed by atoms with E-state index in [4.69, 9.17) is 9.98 Å². The quantitative estimate of drug-likeness (QED) is 0.297. The maximum atomic E-state index is 5.05. The summed E-state index contributed by atoms with van der Waals surface area (Å²) in [7, 11) is 2.11. The van der Waals surface area contributed by atoms with Gasteiger partial charge in [0.2, 0.25) is 0 Å². The van der Waals surface area contributed by atoms with Crippen LogP contribution in [-0.4, -0.2) is 58.9 Å². The van der Waals surface area contributed by atoms with Crippen molar-refractivity contribution in [3.8, 4) is 0 Å². The van der Waals surface area contributed by atoms with Gasteiger partial charge in [-0.1, -0.05) is 42.7 Å². The molecular formula is C36H47N7. The number of nitrogens with zero attached hydrogens (tertiary/aromatic N) is 5. The van der Waals surface area contributed by atoms with E-state index in [1.807, 2.05) is 6.20 Å². The lowest BCUT2D eigenvalue weighted by Crippen LogP contribution is -2.29. The van der Waals surface area contributed by atoms with E-state index in [0.29, 0.717) is 6.67 Å². The number of anilines is 1. The average Bonchev–Trinajstić information content (AvgIpc) is 3.70. The van der Waals surface area contributed by atoms with Gasteiger partial charge < -0.3 is 20.1 Å². The van der Waals surface area contributed by atoms with E-state index >= 15 is 0 Å². The third-order valence-electron chi connectivity index (χ3n) is 9.27. The van der Waals surface area contributed by atoms with Crippen molar-refractivity contribution in [3.05, 3.63) is 82.5 Å². The predicted molar refractivity (Wildman–Crippen MR) is 179 cm³/mol. The van der Waals surface area contributed by atoms with E-state index in [1.54, 1.807) is 0 Å². The third-order valence-corrected chi connectivity index (χ3v) is 9.27. The fourth-order valence-corrected chi connectivity index (χ4v) is 7.05. The van der Waals surface area contributed by atoms with Gasteiger partial charge in [0.1, 0.15) is 17.9 Å². The smallest absolute Gasteiger partial charge is 0.180 e. The first-order valence-electron chi connectivity index (χ1n) is 16.3. The molecular weight excluding hydrogens is 530 g/mol. The molecule has 0 unspecified atom stereocenters. The standard InChI is InChI=1S/C36H47N7/c1-5-28(29-19-25(3)18-27(20-29)23-37-22-26-12-8-9-13-26)21-30-31(6-2)42(4)24-39-33(30)36-40-34-32(14-15-38-35(34)41-36)43-16-10-7-11-17-43/h5-6,14-15,18-21,26,37H,7-13,16-17,22-24H2,1-4H3,(H,38,40,41)/b28-5-,30-21+,31-6+. The Bertz CT molecular complexity index is 1560. The van der Waals surface area contributed by atoms with Gasteiger partial charge in [-0.15, -0.1) is 0 Å². The Labute approximate surface area is 256 Å². The molecule has 7 heteroatoms. The largest absolute Gasteiger partial charge is 0.370 e. The first-order valence-corrected chi connectivity index (χ1v) is 16.3. The Kier molecular flexibility index (Phi) is 9.08. The van der Waals surface area contributed by atoms with Crippen LogP contribution < -0.4 is 10.2 Å². The summed E-state index contributed by atoms with van der Waals surface area (Å²) in [6.07, 6.45) is 17.8. The van der Waals surface area contributed by atoms with Gasteiger partial charge in [-0.2, -0.15) is 0 Å². The summed E-state index contributed by atoms with van der Waals surface area (Å²) in [5, 5.41) is 3.74. The Morgan fingerprint density at radius 2 is 1.88 bits per heavy atom. The first-order chi connectivity index (χ1) is 21.0. The molecule has 7 nitrogen and oxygen atoms in total. The van der Waals surface area contributed by atoms with Gasteiger partial charge in [0.15, 0.2) is 11.5 Å². The monoisotopic (exact) mass is 577 g/mol. The fourth-order valence-electron chi connectivity index (χ4n) is 7.05. The average molecular weight is 578 g/mol. The number of pyridine rings is 1. The number of aryl methyl sites for hydroxylation is 1. The van der Waals surface area contributed by atoms with Crippen molar-refractivity contribution in [1.82, 2.24) is 25.2 Å². The molecule has 43 heavy (non-hydrogen) atoms. The third kappa shape index (κ3) is 6.47. The van der Waals surface area contributed by atoms with Crippen LogP contribution in [0.4, 0.5) is 5.69 Å². The van der Waals surface area contributed by atoms with Gasteiger partial charge in [-0.25, -0.2) is 9.97 Å². The van der Waals surface area contributed by atoms with Gasteiger partial charge in [0, 0.05) is 44.1 Å². The van der Waals surface area contributed by atoms with Crippen molar-refractivity contribution in [2.45, 2.75) is 72.3 Å². The van der Waals surface area contributed by atoms with E-state index in [1.165, 1.54) is 72.9 Å². The molecule has 4 heterocycles. The van der Waals surface area contributed by atoms with Crippen LogP contribution in [0.1, 0.15) is 81.3 Å². The van der Waals surface area contributed by atoms with Crippen molar-refractivity contribution in [3.63, 3.8) is 0 Å². The van der Waals surface area contributed by atoms with Crippen LogP contribution in [0.5, 0.6) is 0 Å². The molecule has 1 aromatic carbocycles. The molecule has 3 aliphatic rings. The summed E-state index contributed by atoms with van der Waals surface area (Å²) in [5.41, 5.74) is 11.1. The van der Waals surface area contributed by atoms with E-state index in [0.717, 1.165) is 66.1 Å². The molecule has 3 aromatic rings. The fraction of sp³-hybridized carbons (Fsp3) is 0.472. The molecule has 6 rings (SSSR count). The number of benzene rings is 1. The number of aromatic amines is 1. The van der Waals surface area contributed by atoms with Gasteiger partial charge in [0.25, 0.3) is 0 Å². The SMILES string of the molecule is C/C=C(/C=C1/C(c2nc3nccc(N4CCCCC4)c3[nH]2)=NCN(C)/C1=C/C)c1cc(C)cc(CNCC2CCCC2)c1. The zero-order valence-corrected chi connectivity index (χ0v) is 26.4. The summed E-state index contributed by atoms with van der Waals surface area (Å²) in [6, 6.07) is 9.07. The summed E-state index contributed by atoms with van der Waals surface area (Å²) in [4.78, 5) is 23.0. The number of piperidine rings is 1. The molecule has 2 N–H and O–H groups in total. The second-order valence-corrected chi connectivity index (χ2v) is 12.5. The van der Waals surface area contributed by atoms with Crippen molar-refractivity contribution in [2.24, 2.45) is 10.9 Å². The highest BCUT2D eigenvalue weighted by atomic mass is 15.2. The molecule has 2 aromatic heterocycles. The van der Waals surface area contributed by atoms with Crippen molar-refractivity contribution in [1.29, 1.82) is 0 Å². The van der Waals surface area contributed by atoms with Crippen LogP contribution in [-0.2, 0) is 6.54 Å². The van der Waals surface area contributed by atoms with Crippen LogP contribution in [0.15, 0.2) is 65.0 Å². The zero-order valence-electron chi connectivity index (χ0n) is 26.4. The molecule has 1 saturated heterocycles. The first kappa shape index (κ1) is 29.4. The van der Waals surface area contributed by atoms with Crippen molar-refractivity contribution in [2.75, 3.05) is 38.3 Å². The molecule has 2 fully saturated rings. The predicted octanol–water partition coefficient (Wildman–Crippen LogP) is 7.16. The maximum absolute atomic E-state index is 5.05.